The fraction of sp³-hybridized carbons (Fsp3) is 0.600. The number of ether oxygens (including phenoxy) is 1. The van der Waals surface area contributed by atoms with Crippen molar-refractivity contribution >= 4 is 27.3 Å². The third kappa shape index (κ3) is 6.81. The van der Waals surface area contributed by atoms with Crippen LogP contribution in [-0.4, -0.2) is 66.1 Å². The Kier molecular flexibility index (Phi) is 9.09. The van der Waals surface area contributed by atoms with Gasteiger partial charge in [-0.1, -0.05) is 24.6 Å². The lowest BCUT2D eigenvalue weighted by Gasteiger charge is -2.35. The zero-order valence-corrected chi connectivity index (χ0v) is 23.3. The lowest BCUT2D eigenvalue weighted by atomic mass is 9.84. The second-order valence-corrected chi connectivity index (χ2v) is 12.6. The van der Waals surface area contributed by atoms with Gasteiger partial charge in [0.25, 0.3) is 5.91 Å². The monoisotopic (exact) mass is 579 g/mol. The standard InChI is InChI=1S/C25H33ClF3N3O5S/c1-5-32-22(18-7-6-16(13-19(18)37-3)12-15(2)25(27,28)29)20(26)21(31-32)23(33)30-14-24(34)10-8-17(9-11-24)38(4,35)36/h6-7,13,15,17,34H,5,8-12,14H2,1-4H3,(H,30,33). The highest BCUT2D eigenvalue weighted by molar-refractivity contribution is 7.91. The van der Waals surface area contributed by atoms with Gasteiger partial charge in [0.15, 0.2) is 5.69 Å². The van der Waals surface area contributed by atoms with E-state index in [9.17, 15) is 31.5 Å². The quantitative estimate of drug-likeness (QED) is 0.455. The Balaban J connectivity index is 1.81. The van der Waals surface area contributed by atoms with Crippen molar-refractivity contribution < 1.29 is 36.2 Å². The second-order valence-electron chi connectivity index (χ2n) is 9.94. The van der Waals surface area contributed by atoms with Gasteiger partial charge in [-0.3, -0.25) is 9.48 Å². The number of carbonyl (C=O) groups is 1. The Morgan fingerprint density at radius 1 is 1.34 bits per heavy atom. The van der Waals surface area contributed by atoms with Crippen molar-refractivity contribution in [2.75, 3.05) is 19.9 Å². The van der Waals surface area contributed by atoms with Gasteiger partial charge in [-0.15, -0.1) is 0 Å². The number of methoxy groups -OCH3 is 1. The maximum absolute atomic E-state index is 13.0. The topological polar surface area (TPSA) is 111 Å². The predicted octanol–water partition coefficient (Wildman–Crippen LogP) is 4.42. The summed E-state index contributed by atoms with van der Waals surface area (Å²) in [7, 11) is -1.81. The second kappa shape index (κ2) is 11.4. The van der Waals surface area contributed by atoms with E-state index in [4.69, 9.17) is 16.3 Å². The molecule has 1 aromatic heterocycles. The summed E-state index contributed by atoms with van der Waals surface area (Å²) in [6.07, 6.45) is -2.30. The van der Waals surface area contributed by atoms with Crippen LogP contribution in [0.15, 0.2) is 18.2 Å². The van der Waals surface area contributed by atoms with Gasteiger partial charge in [-0.05, 0) is 56.7 Å². The number of alkyl halides is 3. The van der Waals surface area contributed by atoms with Gasteiger partial charge in [0.1, 0.15) is 15.6 Å². The van der Waals surface area contributed by atoms with Crippen LogP contribution in [0.25, 0.3) is 11.3 Å². The zero-order chi connectivity index (χ0) is 28.5. The molecule has 1 aliphatic rings. The average Bonchev–Trinajstić information content (AvgIpc) is 3.17. The van der Waals surface area contributed by atoms with Crippen LogP contribution in [0.5, 0.6) is 5.75 Å². The molecule has 1 heterocycles. The maximum atomic E-state index is 13.0. The summed E-state index contributed by atoms with van der Waals surface area (Å²) in [6.45, 7) is 3.16. The van der Waals surface area contributed by atoms with Gasteiger partial charge in [-0.2, -0.15) is 18.3 Å². The Hall–Kier alpha value is -2.31. The molecule has 3 rings (SSSR count). The molecular formula is C25H33ClF3N3O5S. The molecule has 2 aromatic rings. The summed E-state index contributed by atoms with van der Waals surface area (Å²) in [5, 5.41) is 17.4. The van der Waals surface area contributed by atoms with E-state index in [-0.39, 0.29) is 42.3 Å². The number of rotatable bonds is 9. The SMILES string of the molecule is CCn1nc(C(=O)NCC2(O)CCC(S(C)(=O)=O)CC2)c(Cl)c1-c1ccc(CC(C)C(F)(F)F)cc1OC. The van der Waals surface area contributed by atoms with Crippen molar-refractivity contribution in [1.82, 2.24) is 15.1 Å². The summed E-state index contributed by atoms with van der Waals surface area (Å²) in [6, 6.07) is 4.67. The molecule has 1 saturated carbocycles. The van der Waals surface area contributed by atoms with Crippen LogP contribution in [0.2, 0.25) is 5.02 Å². The lowest BCUT2D eigenvalue weighted by Crippen LogP contribution is -2.47. The van der Waals surface area contributed by atoms with E-state index >= 15 is 0 Å². The van der Waals surface area contributed by atoms with Crippen molar-refractivity contribution in [1.29, 1.82) is 0 Å². The van der Waals surface area contributed by atoms with E-state index in [1.165, 1.54) is 24.1 Å². The highest BCUT2D eigenvalue weighted by Crippen LogP contribution is 2.39. The van der Waals surface area contributed by atoms with Crippen LogP contribution >= 0.6 is 11.6 Å². The number of hydrogen-bond donors (Lipinski definition) is 2. The van der Waals surface area contributed by atoms with Gasteiger partial charge < -0.3 is 15.2 Å². The number of sulfone groups is 1. The van der Waals surface area contributed by atoms with Crippen LogP contribution in [0.3, 0.4) is 0 Å². The molecule has 0 radical (unpaired) electrons. The van der Waals surface area contributed by atoms with E-state index in [2.05, 4.69) is 10.4 Å². The molecule has 1 unspecified atom stereocenters. The van der Waals surface area contributed by atoms with E-state index in [0.29, 0.717) is 36.2 Å². The molecule has 212 valence electrons. The molecule has 1 fully saturated rings. The van der Waals surface area contributed by atoms with Crippen molar-refractivity contribution in [2.45, 2.75) is 69.5 Å². The molecule has 1 aliphatic carbocycles. The largest absolute Gasteiger partial charge is 0.496 e. The minimum absolute atomic E-state index is 0.0341. The number of nitrogens with one attached hydrogen (secondary N) is 1. The number of hydrogen-bond acceptors (Lipinski definition) is 6. The third-order valence-corrected chi connectivity index (χ3v) is 9.12. The Labute approximate surface area is 225 Å². The first-order valence-corrected chi connectivity index (χ1v) is 14.6. The molecule has 1 atom stereocenters. The van der Waals surface area contributed by atoms with Gasteiger partial charge >= 0.3 is 6.18 Å². The Morgan fingerprint density at radius 2 is 1.97 bits per heavy atom. The fourth-order valence-electron chi connectivity index (χ4n) is 4.66. The minimum Gasteiger partial charge on any atom is -0.496 e. The first-order chi connectivity index (χ1) is 17.6. The average molecular weight is 580 g/mol. The number of amides is 1. The number of benzene rings is 1. The van der Waals surface area contributed by atoms with Crippen LogP contribution < -0.4 is 10.1 Å². The first kappa shape index (κ1) is 30.2. The summed E-state index contributed by atoms with van der Waals surface area (Å²) in [5.41, 5.74) is -0.0443. The smallest absolute Gasteiger partial charge is 0.391 e. The Morgan fingerprint density at radius 3 is 2.50 bits per heavy atom. The molecule has 13 heteroatoms. The normalized spacial score (nSPS) is 21.2. The van der Waals surface area contributed by atoms with E-state index in [0.717, 1.165) is 6.92 Å². The molecule has 0 aliphatic heterocycles. The summed E-state index contributed by atoms with van der Waals surface area (Å²) in [5.74, 6) is -1.86. The highest BCUT2D eigenvalue weighted by Gasteiger charge is 2.38. The van der Waals surface area contributed by atoms with Gasteiger partial charge in [0.05, 0.1) is 34.6 Å². The first-order valence-electron chi connectivity index (χ1n) is 12.3. The van der Waals surface area contributed by atoms with E-state index in [1.807, 2.05) is 0 Å². The van der Waals surface area contributed by atoms with Crippen LogP contribution in [-0.2, 0) is 22.8 Å². The molecule has 0 spiro atoms. The number of aromatic nitrogens is 2. The number of carbonyl (C=O) groups excluding carboxylic acids is 1. The summed E-state index contributed by atoms with van der Waals surface area (Å²) >= 11 is 6.60. The summed E-state index contributed by atoms with van der Waals surface area (Å²) in [4.78, 5) is 13.0. The third-order valence-electron chi connectivity index (χ3n) is 7.08. The van der Waals surface area contributed by atoms with Crippen LogP contribution in [0, 0.1) is 5.92 Å². The van der Waals surface area contributed by atoms with Gasteiger partial charge in [0, 0.05) is 24.9 Å². The van der Waals surface area contributed by atoms with Crippen molar-refractivity contribution in [3.63, 3.8) is 0 Å². The predicted molar refractivity (Wildman–Crippen MR) is 138 cm³/mol. The minimum atomic E-state index is -4.32. The van der Waals surface area contributed by atoms with Crippen molar-refractivity contribution in [3.05, 3.63) is 34.5 Å². The molecular weight excluding hydrogens is 547 g/mol. The number of aliphatic hydroxyl groups is 1. The molecule has 38 heavy (non-hydrogen) atoms. The number of nitrogens with zero attached hydrogens (tertiary/aromatic N) is 2. The molecule has 0 saturated heterocycles. The zero-order valence-electron chi connectivity index (χ0n) is 21.7. The molecule has 1 aromatic carbocycles. The molecule has 2 N–H and O–H groups in total. The van der Waals surface area contributed by atoms with Gasteiger partial charge in [-0.25, -0.2) is 8.42 Å². The highest BCUT2D eigenvalue weighted by atomic mass is 35.5. The lowest BCUT2D eigenvalue weighted by molar-refractivity contribution is -0.169. The van der Waals surface area contributed by atoms with E-state index < -0.39 is 38.7 Å². The van der Waals surface area contributed by atoms with Crippen LogP contribution in [0.1, 0.15) is 55.6 Å². The molecule has 1 amide bonds. The van der Waals surface area contributed by atoms with Gasteiger partial charge in [0.2, 0.25) is 0 Å². The molecule has 0 bridgehead atoms. The van der Waals surface area contributed by atoms with Crippen LogP contribution in [0.4, 0.5) is 13.2 Å². The molecule has 8 nitrogen and oxygen atoms in total. The summed E-state index contributed by atoms with van der Waals surface area (Å²) < 4.78 is 69.6. The number of aryl methyl sites for hydroxylation is 1. The fourth-order valence-corrected chi connectivity index (χ4v) is 6.08. The number of halogens is 4. The Bertz CT molecular complexity index is 1270. The maximum Gasteiger partial charge on any atom is 0.391 e. The van der Waals surface area contributed by atoms with Crippen molar-refractivity contribution in [3.8, 4) is 17.0 Å². The van der Waals surface area contributed by atoms with Crippen molar-refractivity contribution in [2.24, 2.45) is 5.92 Å². The van der Waals surface area contributed by atoms with E-state index in [1.54, 1.807) is 19.1 Å².